The maximum absolute atomic E-state index is 9.09. The number of aliphatic imine (C=N–C) groups is 1. The van der Waals surface area contributed by atoms with Crippen molar-refractivity contribution in [3.8, 4) is 5.75 Å². The van der Waals surface area contributed by atoms with Crippen LogP contribution >= 0.6 is 24.0 Å². The molecular formula is C17H30IN3O2. The Bertz CT molecular complexity index is 481. The summed E-state index contributed by atoms with van der Waals surface area (Å²) in [6.45, 7) is 10.9. The minimum atomic E-state index is 0. The number of hydrogen-bond acceptors (Lipinski definition) is 3. The van der Waals surface area contributed by atoms with Crippen molar-refractivity contribution in [2.75, 3.05) is 26.3 Å². The van der Waals surface area contributed by atoms with Crippen LogP contribution in [0.3, 0.4) is 0 Å². The predicted molar refractivity (Wildman–Crippen MR) is 107 cm³/mol. The molecule has 1 unspecified atom stereocenters. The van der Waals surface area contributed by atoms with Crippen molar-refractivity contribution in [3.63, 3.8) is 0 Å². The van der Waals surface area contributed by atoms with Crippen LogP contribution in [0.5, 0.6) is 5.75 Å². The minimum Gasteiger partial charge on any atom is -0.494 e. The van der Waals surface area contributed by atoms with Gasteiger partial charge in [0.25, 0.3) is 0 Å². The number of halogens is 1. The van der Waals surface area contributed by atoms with Gasteiger partial charge in [-0.1, -0.05) is 19.1 Å². The van der Waals surface area contributed by atoms with Crippen LogP contribution in [-0.2, 0) is 6.54 Å². The van der Waals surface area contributed by atoms with E-state index in [0.717, 1.165) is 23.8 Å². The highest BCUT2D eigenvalue weighted by molar-refractivity contribution is 14.0. The maximum Gasteiger partial charge on any atom is 0.191 e. The van der Waals surface area contributed by atoms with Gasteiger partial charge in [-0.15, -0.1) is 24.0 Å². The Kier molecular flexibility index (Phi) is 11.9. The summed E-state index contributed by atoms with van der Waals surface area (Å²) in [4.78, 5) is 4.60. The molecule has 1 aromatic rings. The molecule has 0 aliphatic rings. The van der Waals surface area contributed by atoms with Gasteiger partial charge in [-0.25, -0.2) is 4.99 Å². The molecule has 0 spiro atoms. The first-order valence-electron chi connectivity index (χ1n) is 7.96. The van der Waals surface area contributed by atoms with Crippen LogP contribution in [0, 0.1) is 12.8 Å². The average molecular weight is 435 g/mol. The van der Waals surface area contributed by atoms with Crippen LogP contribution in [-0.4, -0.2) is 37.4 Å². The van der Waals surface area contributed by atoms with E-state index < -0.39 is 0 Å². The van der Waals surface area contributed by atoms with Crippen LogP contribution in [0.2, 0.25) is 0 Å². The first kappa shape index (κ1) is 22.0. The minimum absolute atomic E-state index is 0. The fraction of sp³-hybridized carbons (Fsp3) is 0.588. The summed E-state index contributed by atoms with van der Waals surface area (Å²) in [5.41, 5.74) is 2.25. The van der Waals surface area contributed by atoms with Crippen LogP contribution in [0.1, 0.15) is 31.9 Å². The van der Waals surface area contributed by atoms with Crippen LogP contribution in [0.25, 0.3) is 0 Å². The lowest BCUT2D eigenvalue weighted by Crippen LogP contribution is -2.39. The van der Waals surface area contributed by atoms with E-state index >= 15 is 0 Å². The highest BCUT2D eigenvalue weighted by Gasteiger charge is 2.05. The van der Waals surface area contributed by atoms with Crippen LogP contribution < -0.4 is 15.4 Å². The molecule has 0 bridgehead atoms. The molecule has 0 radical (unpaired) electrons. The number of nitrogens with one attached hydrogen (secondary N) is 2. The molecular weight excluding hydrogens is 405 g/mol. The summed E-state index contributed by atoms with van der Waals surface area (Å²) in [6, 6.07) is 6.17. The fourth-order valence-electron chi connectivity index (χ4n) is 1.92. The molecule has 0 saturated carbocycles. The van der Waals surface area contributed by atoms with Crippen molar-refractivity contribution in [2.45, 2.75) is 34.2 Å². The Morgan fingerprint density at radius 3 is 2.65 bits per heavy atom. The average Bonchev–Trinajstić information content (AvgIpc) is 2.51. The Hall–Kier alpha value is -1.02. The van der Waals surface area contributed by atoms with E-state index in [0.29, 0.717) is 19.7 Å². The third-order valence-electron chi connectivity index (χ3n) is 3.20. The maximum atomic E-state index is 9.09. The molecule has 132 valence electrons. The van der Waals surface area contributed by atoms with Gasteiger partial charge in [-0.3, -0.25) is 0 Å². The van der Waals surface area contributed by atoms with Gasteiger partial charge < -0.3 is 20.5 Å². The summed E-state index contributed by atoms with van der Waals surface area (Å²) >= 11 is 0. The Morgan fingerprint density at radius 1 is 1.30 bits per heavy atom. The third kappa shape index (κ3) is 8.41. The van der Waals surface area contributed by atoms with Gasteiger partial charge in [0, 0.05) is 25.3 Å². The second-order valence-corrected chi connectivity index (χ2v) is 5.41. The largest absolute Gasteiger partial charge is 0.494 e. The van der Waals surface area contributed by atoms with E-state index in [-0.39, 0.29) is 36.5 Å². The van der Waals surface area contributed by atoms with Crippen molar-refractivity contribution < 1.29 is 9.84 Å². The van der Waals surface area contributed by atoms with Crippen molar-refractivity contribution >= 4 is 29.9 Å². The van der Waals surface area contributed by atoms with E-state index in [1.165, 1.54) is 5.56 Å². The Labute approximate surface area is 156 Å². The molecule has 0 fully saturated rings. The van der Waals surface area contributed by atoms with Crippen LogP contribution in [0.4, 0.5) is 0 Å². The molecule has 0 aliphatic heterocycles. The smallest absolute Gasteiger partial charge is 0.191 e. The predicted octanol–water partition coefficient (Wildman–Crippen LogP) is 2.70. The number of nitrogens with zero attached hydrogens (tertiary/aromatic N) is 1. The number of benzene rings is 1. The normalized spacial score (nSPS) is 12.3. The highest BCUT2D eigenvalue weighted by Crippen LogP contribution is 2.21. The molecule has 0 heterocycles. The van der Waals surface area contributed by atoms with E-state index in [4.69, 9.17) is 9.84 Å². The zero-order valence-electron chi connectivity index (χ0n) is 14.6. The SMILES string of the molecule is CCNC(=NCc1ccc(C)cc1OCC)NCC(C)CO.I. The van der Waals surface area contributed by atoms with Gasteiger partial charge >= 0.3 is 0 Å². The second-order valence-electron chi connectivity index (χ2n) is 5.41. The van der Waals surface area contributed by atoms with Gasteiger partial charge in [0.2, 0.25) is 0 Å². The number of rotatable bonds is 8. The monoisotopic (exact) mass is 435 g/mol. The summed E-state index contributed by atoms with van der Waals surface area (Å²) in [7, 11) is 0. The van der Waals surface area contributed by atoms with Crippen molar-refractivity contribution in [2.24, 2.45) is 10.9 Å². The molecule has 1 atom stereocenters. The Morgan fingerprint density at radius 2 is 2.04 bits per heavy atom. The van der Waals surface area contributed by atoms with Crippen molar-refractivity contribution in [1.29, 1.82) is 0 Å². The number of aliphatic hydroxyl groups excluding tert-OH is 1. The van der Waals surface area contributed by atoms with Gasteiger partial charge in [0.1, 0.15) is 5.75 Å². The van der Waals surface area contributed by atoms with Crippen molar-refractivity contribution in [1.82, 2.24) is 10.6 Å². The quantitative estimate of drug-likeness (QED) is 0.334. The molecule has 3 N–H and O–H groups in total. The highest BCUT2D eigenvalue weighted by atomic mass is 127. The zero-order valence-corrected chi connectivity index (χ0v) is 16.9. The number of hydrogen-bond donors (Lipinski definition) is 3. The topological polar surface area (TPSA) is 65.9 Å². The van der Waals surface area contributed by atoms with Gasteiger partial charge in [0.15, 0.2) is 5.96 Å². The lowest BCUT2D eigenvalue weighted by Gasteiger charge is -2.15. The molecule has 1 aromatic carbocycles. The lowest BCUT2D eigenvalue weighted by atomic mass is 10.1. The third-order valence-corrected chi connectivity index (χ3v) is 3.20. The molecule has 0 amide bonds. The molecule has 23 heavy (non-hydrogen) atoms. The summed E-state index contributed by atoms with van der Waals surface area (Å²) in [5, 5.41) is 15.5. The lowest BCUT2D eigenvalue weighted by molar-refractivity contribution is 0.238. The second kappa shape index (κ2) is 12.4. The van der Waals surface area contributed by atoms with Gasteiger partial charge in [-0.2, -0.15) is 0 Å². The Balaban J connectivity index is 0.00000484. The van der Waals surface area contributed by atoms with Gasteiger partial charge in [-0.05, 0) is 38.3 Å². The summed E-state index contributed by atoms with van der Waals surface area (Å²) in [6.07, 6.45) is 0. The van der Waals surface area contributed by atoms with Crippen molar-refractivity contribution in [3.05, 3.63) is 29.3 Å². The van der Waals surface area contributed by atoms with Gasteiger partial charge in [0.05, 0.1) is 13.2 Å². The molecule has 5 nitrogen and oxygen atoms in total. The van der Waals surface area contributed by atoms with E-state index in [1.54, 1.807) is 0 Å². The first-order valence-corrected chi connectivity index (χ1v) is 7.96. The number of ether oxygens (including phenoxy) is 1. The van der Waals surface area contributed by atoms with E-state index in [9.17, 15) is 0 Å². The molecule has 0 aliphatic carbocycles. The molecule has 0 saturated heterocycles. The molecule has 0 aromatic heterocycles. The standard InChI is InChI=1S/C17H29N3O2.HI/c1-5-18-17(19-10-14(4)12-21)20-11-15-8-7-13(3)9-16(15)22-6-2;/h7-9,14,21H,5-6,10-12H2,1-4H3,(H2,18,19,20);1H. The fourth-order valence-corrected chi connectivity index (χ4v) is 1.92. The summed E-state index contributed by atoms with van der Waals surface area (Å²) in [5.74, 6) is 1.85. The van der Waals surface area contributed by atoms with E-state index in [2.05, 4.69) is 34.7 Å². The number of aryl methyl sites for hydroxylation is 1. The summed E-state index contributed by atoms with van der Waals surface area (Å²) < 4.78 is 5.68. The first-order chi connectivity index (χ1) is 10.6. The molecule has 1 rings (SSSR count). The zero-order chi connectivity index (χ0) is 16.4. The van der Waals surface area contributed by atoms with E-state index in [1.807, 2.05) is 26.8 Å². The molecule has 6 heteroatoms. The van der Waals surface area contributed by atoms with Crippen LogP contribution in [0.15, 0.2) is 23.2 Å². The number of guanidine groups is 1. The number of aliphatic hydroxyl groups is 1.